The Morgan fingerprint density at radius 1 is 1.22 bits per heavy atom. The second-order valence-corrected chi connectivity index (χ2v) is 5.56. The molecule has 2 rings (SSSR count). The van der Waals surface area contributed by atoms with Gasteiger partial charge in [0.15, 0.2) is 0 Å². The van der Waals surface area contributed by atoms with Gasteiger partial charge in [-0.3, -0.25) is 0 Å². The number of allylic oxidation sites excluding steroid dienone is 13. The van der Waals surface area contributed by atoms with Gasteiger partial charge in [0.25, 0.3) is 0 Å². The van der Waals surface area contributed by atoms with Crippen LogP contribution < -0.4 is 0 Å². The molecule has 0 heterocycles. The molecule has 2 aliphatic carbocycles. The van der Waals surface area contributed by atoms with Gasteiger partial charge in [-0.05, 0) is 66.7 Å². The van der Waals surface area contributed by atoms with Gasteiger partial charge in [0.2, 0.25) is 0 Å². The van der Waals surface area contributed by atoms with E-state index in [1.807, 2.05) is 6.08 Å². The van der Waals surface area contributed by atoms with Gasteiger partial charge in [0.05, 0.1) is 11.8 Å². The summed E-state index contributed by atoms with van der Waals surface area (Å²) in [6.07, 6.45) is 12.8. The van der Waals surface area contributed by atoms with Gasteiger partial charge < -0.3 is 5.11 Å². The molecular weight excluding hydrogens is 289 g/mol. The zero-order valence-corrected chi connectivity index (χ0v) is 13.3. The molecular formula is C20H20FNO. The SMILES string of the molecule is C=C(/C=C\C(C#N)=C/C)C1=C(F)C=C(C2=CC=C(O)CC2)CC1. The van der Waals surface area contributed by atoms with E-state index in [1.54, 1.807) is 37.3 Å². The van der Waals surface area contributed by atoms with Crippen molar-refractivity contribution in [1.29, 1.82) is 5.26 Å². The van der Waals surface area contributed by atoms with Crippen molar-refractivity contribution in [2.45, 2.75) is 32.6 Å². The zero-order valence-electron chi connectivity index (χ0n) is 13.3. The van der Waals surface area contributed by atoms with Gasteiger partial charge in [0, 0.05) is 12.0 Å². The minimum absolute atomic E-state index is 0.264. The molecule has 0 atom stereocenters. The average molecular weight is 309 g/mol. The minimum Gasteiger partial charge on any atom is -0.512 e. The van der Waals surface area contributed by atoms with Crippen LogP contribution in [0.4, 0.5) is 4.39 Å². The molecule has 0 spiro atoms. The largest absolute Gasteiger partial charge is 0.512 e. The number of nitriles is 1. The molecule has 0 saturated heterocycles. The Labute approximate surface area is 136 Å². The normalized spacial score (nSPS) is 19.2. The number of aliphatic hydroxyl groups excluding tert-OH is 1. The van der Waals surface area contributed by atoms with Crippen LogP contribution in [0.25, 0.3) is 0 Å². The molecule has 0 saturated carbocycles. The summed E-state index contributed by atoms with van der Waals surface area (Å²) >= 11 is 0. The third-order valence-electron chi connectivity index (χ3n) is 4.07. The quantitative estimate of drug-likeness (QED) is 0.536. The second-order valence-electron chi connectivity index (χ2n) is 5.56. The molecule has 0 aromatic rings. The van der Waals surface area contributed by atoms with Crippen molar-refractivity contribution in [1.82, 2.24) is 0 Å². The maximum atomic E-state index is 14.4. The summed E-state index contributed by atoms with van der Waals surface area (Å²) in [6.45, 7) is 5.69. The first kappa shape index (κ1) is 16.8. The van der Waals surface area contributed by atoms with Crippen LogP contribution in [0.3, 0.4) is 0 Å². The Hall–Kier alpha value is -2.60. The van der Waals surface area contributed by atoms with Crippen LogP contribution in [0, 0.1) is 11.3 Å². The van der Waals surface area contributed by atoms with Gasteiger partial charge in [-0.2, -0.15) is 5.26 Å². The standard InChI is InChI=1S/C20H20FNO/c1-3-15(13-22)5-4-14(2)19-11-8-17(12-20(19)21)16-6-9-18(23)10-7-16/h3-6,9,12,23H,2,7-8,10-11H2,1H3/b5-4-,15-3+. The fourth-order valence-corrected chi connectivity index (χ4v) is 2.64. The van der Waals surface area contributed by atoms with E-state index in [1.165, 1.54) is 0 Å². The summed E-state index contributed by atoms with van der Waals surface area (Å²) in [5, 5.41) is 18.3. The highest BCUT2D eigenvalue weighted by molar-refractivity contribution is 5.51. The van der Waals surface area contributed by atoms with E-state index in [4.69, 9.17) is 5.26 Å². The lowest BCUT2D eigenvalue weighted by molar-refractivity contribution is 0.386. The molecule has 0 amide bonds. The highest BCUT2D eigenvalue weighted by atomic mass is 19.1. The predicted octanol–water partition coefficient (Wildman–Crippen LogP) is 5.67. The monoisotopic (exact) mass is 309 g/mol. The van der Waals surface area contributed by atoms with Crippen molar-refractivity contribution in [2.75, 3.05) is 0 Å². The van der Waals surface area contributed by atoms with E-state index >= 15 is 0 Å². The lowest BCUT2D eigenvalue weighted by atomic mass is 9.86. The number of aliphatic hydroxyl groups is 1. The van der Waals surface area contributed by atoms with E-state index in [0.29, 0.717) is 35.3 Å². The molecule has 2 nitrogen and oxygen atoms in total. The summed E-state index contributed by atoms with van der Waals surface area (Å²) in [4.78, 5) is 0. The van der Waals surface area contributed by atoms with Crippen molar-refractivity contribution in [2.24, 2.45) is 0 Å². The Balaban J connectivity index is 2.18. The van der Waals surface area contributed by atoms with Crippen molar-refractivity contribution in [3.05, 3.63) is 82.5 Å². The maximum Gasteiger partial charge on any atom is 0.127 e. The fourth-order valence-electron chi connectivity index (χ4n) is 2.64. The topological polar surface area (TPSA) is 44.0 Å². The number of halogens is 1. The molecule has 0 aromatic heterocycles. The maximum absolute atomic E-state index is 14.4. The van der Waals surface area contributed by atoms with Crippen LogP contribution >= 0.6 is 0 Å². The van der Waals surface area contributed by atoms with E-state index in [0.717, 1.165) is 24.0 Å². The van der Waals surface area contributed by atoms with Gasteiger partial charge in [-0.25, -0.2) is 4.39 Å². The minimum atomic E-state index is -0.264. The van der Waals surface area contributed by atoms with Crippen LogP contribution in [0.5, 0.6) is 0 Å². The molecule has 0 aromatic carbocycles. The van der Waals surface area contributed by atoms with Gasteiger partial charge in [0.1, 0.15) is 5.83 Å². The molecule has 0 bridgehead atoms. The van der Waals surface area contributed by atoms with Gasteiger partial charge in [-0.15, -0.1) is 0 Å². The Bertz CT molecular complexity index is 736. The zero-order chi connectivity index (χ0) is 16.8. The summed E-state index contributed by atoms with van der Waals surface area (Å²) in [6, 6.07) is 2.05. The van der Waals surface area contributed by atoms with Crippen LogP contribution in [0.1, 0.15) is 32.6 Å². The van der Waals surface area contributed by atoms with Gasteiger partial charge >= 0.3 is 0 Å². The van der Waals surface area contributed by atoms with E-state index < -0.39 is 0 Å². The molecule has 23 heavy (non-hydrogen) atoms. The third-order valence-corrected chi connectivity index (χ3v) is 4.07. The first-order valence-electron chi connectivity index (χ1n) is 7.67. The van der Waals surface area contributed by atoms with Crippen molar-refractivity contribution < 1.29 is 9.50 Å². The first-order chi connectivity index (χ1) is 11.0. The number of nitrogens with zero attached hydrogens (tertiary/aromatic N) is 1. The Morgan fingerprint density at radius 3 is 2.52 bits per heavy atom. The highest BCUT2D eigenvalue weighted by Gasteiger charge is 2.18. The molecule has 0 unspecified atom stereocenters. The fraction of sp³-hybridized carbons (Fsp3) is 0.250. The number of hydrogen-bond acceptors (Lipinski definition) is 2. The average Bonchev–Trinajstić information content (AvgIpc) is 2.56. The molecule has 0 radical (unpaired) electrons. The third kappa shape index (κ3) is 4.20. The van der Waals surface area contributed by atoms with E-state index in [-0.39, 0.29) is 5.83 Å². The summed E-state index contributed by atoms with van der Waals surface area (Å²) < 4.78 is 14.4. The molecule has 2 aliphatic rings. The van der Waals surface area contributed by atoms with E-state index in [2.05, 4.69) is 12.6 Å². The summed E-state index contributed by atoms with van der Waals surface area (Å²) in [5.74, 6) is 0.109. The summed E-state index contributed by atoms with van der Waals surface area (Å²) in [7, 11) is 0. The molecule has 118 valence electrons. The Kier molecular flexibility index (Phi) is 5.54. The smallest absolute Gasteiger partial charge is 0.127 e. The van der Waals surface area contributed by atoms with Crippen LogP contribution in [0.2, 0.25) is 0 Å². The predicted molar refractivity (Wildman–Crippen MR) is 91.1 cm³/mol. The van der Waals surface area contributed by atoms with E-state index in [9.17, 15) is 9.50 Å². The molecule has 0 fully saturated rings. The Morgan fingerprint density at radius 2 is 1.96 bits per heavy atom. The molecule has 3 heteroatoms. The number of hydrogen-bond donors (Lipinski definition) is 1. The molecule has 0 aliphatic heterocycles. The van der Waals surface area contributed by atoms with Crippen molar-refractivity contribution in [3.63, 3.8) is 0 Å². The summed E-state index contributed by atoms with van der Waals surface area (Å²) in [5.41, 5.74) is 3.78. The second kappa shape index (κ2) is 7.60. The first-order valence-corrected chi connectivity index (χ1v) is 7.67. The van der Waals surface area contributed by atoms with Crippen LogP contribution in [-0.4, -0.2) is 5.11 Å². The van der Waals surface area contributed by atoms with Crippen LogP contribution in [-0.2, 0) is 0 Å². The highest BCUT2D eigenvalue weighted by Crippen LogP contribution is 2.35. The van der Waals surface area contributed by atoms with Crippen LogP contribution in [0.15, 0.2) is 82.5 Å². The van der Waals surface area contributed by atoms with Crippen molar-refractivity contribution in [3.8, 4) is 6.07 Å². The molecule has 1 N–H and O–H groups in total. The van der Waals surface area contributed by atoms with Crippen molar-refractivity contribution >= 4 is 0 Å². The lowest BCUT2D eigenvalue weighted by Gasteiger charge is -2.20. The lowest BCUT2D eigenvalue weighted by Crippen LogP contribution is -2.03. The van der Waals surface area contributed by atoms with Gasteiger partial charge in [-0.1, -0.05) is 24.8 Å². The number of rotatable bonds is 4.